The lowest BCUT2D eigenvalue weighted by molar-refractivity contribution is -0.113. The molecule has 144 valence electrons. The molecule has 1 N–H and O–H groups in total. The minimum Gasteiger partial charge on any atom is -0.410 e. The summed E-state index contributed by atoms with van der Waals surface area (Å²) in [5.74, 6) is 0.980. The number of hydrogen-bond acceptors (Lipinski definition) is 7. The lowest BCUT2D eigenvalue weighted by Crippen LogP contribution is -2.18. The van der Waals surface area contributed by atoms with Gasteiger partial charge in [-0.15, -0.1) is 21.5 Å². The molecule has 10 heteroatoms. The molecule has 1 aromatic carbocycles. The number of carbonyl (C=O) groups excluding carboxylic acids is 1. The standard InChI is InChI=1S/C18H16ClN5O2S2/c1-10(2)24-13(7-8-20-24)21-14(25)9-27-18-23-22-17(26-18)16-15(19)11-5-3-4-6-12(11)28-16/h3-8,10H,9H2,1-2H3,(H,21,25). The first kappa shape index (κ1) is 19.0. The first-order chi connectivity index (χ1) is 13.5. The Bertz CT molecular complexity index is 1130. The maximum Gasteiger partial charge on any atom is 0.277 e. The number of nitrogens with zero attached hydrogens (tertiary/aromatic N) is 4. The fourth-order valence-corrected chi connectivity index (χ4v) is 4.64. The van der Waals surface area contributed by atoms with Gasteiger partial charge in [0.25, 0.3) is 11.1 Å². The predicted molar refractivity (Wildman–Crippen MR) is 112 cm³/mol. The van der Waals surface area contributed by atoms with Gasteiger partial charge in [-0.1, -0.05) is 41.6 Å². The Morgan fingerprint density at radius 3 is 2.93 bits per heavy atom. The van der Waals surface area contributed by atoms with Crippen molar-refractivity contribution in [2.24, 2.45) is 0 Å². The molecule has 28 heavy (non-hydrogen) atoms. The SMILES string of the molecule is CC(C)n1nccc1NC(=O)CSc1nnc(-c2sc3ccccc3c2Cl)o1. The van der Waals surface area contributed by atoms with E-state index in [-0.39, 0.29) is 17.7 Å². The van der Waals surface area contributed by atoms with Crippen LogP contribution in [0.25, 0.3) is 20.9 Å². The van der Waals surface area contributed by atoms with E-state index in [4.69, 9.17) is 16.0 Å². The molecule has 0 saturated carbocycles. The van der Waals surface area contributed by atoms with E-state index in [1.807, 2.05) is 38.1 Å². The van der Waals surface area contributed by atoms with Crippen molar-refractivity contribution in [3.8, 4) is 10.8 Å². The molecule has 0 unspecified atom stereocenters. The third-order valence-corrected chi connectivity index (χ3v) is 6.37. The maximum absolute atomic E-state index is 12.2. The van der Waals surface area contributed by atoms with Gasteiger partial charge >= 0.3 is 0 Å². The number of aromatic nitrogens is 4. The van der Waals surface area contributed by atoms with Gasteiger partial charge in [-0.05, 0) is 19.9 Å². The van der Waals surface area contributed by atoms with Gasteiger partial charge in [0.15, 0.2) is 0 Å². The molecule has 1 amide bonds. The van der Waals surface area contributed by atoms with Crippen molar-refractivity contribution in [3.63, 3.8) is 0 Å². The molecule has 0 saturated heterocycles. The molecule has 4 rings (SSSR count). The van der Waals surface area contributed by atoms with Gasteiger partial charge in [0.1, 0.15) is 10.7 Å². The first-order valence-corrected chi connectivity index (χ1v) is 10.7. The van der Waals surface area contributed by atoms with E-state index in [1.165, 1.54) is 23.1 Å². The van der Waals surface area contributed by atoms with Crippen LogP contribution in [0.5, 0.6) is 0 Å². The number of nitrogens with one attached hydrogen (secondary N) is 1. The zero-order chi connectivity index (χ0) is 19.7. The smallest absolute Gasteiger partial charge is 0.277 e. The number of carbonyl (C=O) groups is 1. The Kier molecular flexibility index (Phi) is 5.38. The second kappa shape index (κ2) is 7.94. The highest BCUT2D eigenvalue weighted by Gasteiger charge is 2.18. The van der Waals surface area contributed by atoms with Crippen LogP contribution in [0.15, 0.2) is 46.2 Å². The van der Waals surface area contributed by atoms with Gasteiger partial charge < -0.3 is 9.73 Å². The summed E-state index contributed by atoms with van der Waals surface area (Å²) >= 11 is 9.12. The third-order valence-electron chi connectivity index (χ3n) is 3.89. The third kappa shape index (κ3) is 3.78. The van der Waals surface area contributed by atoms with Gasteiger partial charge in [0.2, 0.25) is 5.91 Å². The van der Waals surface area contributed by atoms with E-state index in [2.05, 4.69) is 20.6 Å². The summed E-state index contributed by atoms with van der Waals surface area (Å²) < 4.78 is 8.50. The van der Waals surface area contributed by atoms with Crippen molar-refractivity contribution in [2.45, 2.75) is 25.1 Å². The van der Waals surface area contributed by atoms with Gasteiger partial charge in [-0.3, -0.25) is 4.79 Å². The Morgan fingerprint density at radius 2 is 2.14 bits per heavy atom. The second-order valence-corrected chi connectivity index (χ2v) is 8.56. The summed E-state index contributed by atoms with van der Waals surface area (Å²) in [4.78, 5) is 13.0. The summed E-state index contributed by atoms with van der Waals surface area (Å²) in [7, 11) is 0. The molecule has 3 heterocycles. The molecule has 0 aliphatic heterocycles. The van der Waals surface area contributed by atoms with E-state index in [9.17, 15) is 4.79 Å². The summed E-state index contributed by atoms with van der Waals surface area (Å²) in [6, 6.07) is 9.75. The Labute approximate surface area is 174 Å². The predicted octanol–water partition coefficient (Wildman–Crippen LogP) is 5.11. The van der Waals surface area contributed by atoms with Crippen LogP contribution in [0.1, 0.15) is 19.9 Å². The van der Waals surface area contributed by atoms with Crippen molar-refractivity contribution in [1.82, 2.24) is 20.0 Å². The molecule has 0 fully saturated rings. The minimum absolute atomic E-state index is 0.144. The molecule has 0 atom stereocenters. The number of fused-ring (bicyclic) bond motifs is 1. The number of thioether (sulfide) groups is 1. The number of amides is 1. The van der Waals surface area contributed by atoms with E-state index in [0.717, 1.165) is 15.0 Å². The van der Waals surface area contributed by atoms with Crippen LogP contribution in [0.3, 0.4) is 0 Å². The zero-order valence-electron chi connectivity index (χ0n) is 15.0. The summed E-state index contributed by atoms with van der Waals surface area (Å²) in [5.41, 5.74) is 0. The van der Waals surface area contributed by atoms with Gasteiger partial charge in [0, 0.05) is 22.2 Å². The normalized spacial score (nSPS) is 11.4. The van der Waals surface area contributed by atoms with Gasteiger partial charge in [-0.2, -0.15) is 5.10 Å². The quantitative estimate of drug-likeness (QED) is 0.425. The maximum atomic E-state index is 12.2. The van der Waals surface area contributed by atoms with Gasteiger partial charge in [-0.25, -0.2) is 4.68 Å². The van der Waals surface area contributed by atoms with Crippen molar-refractivity contribution in [2.75, 3.05) is 11.1 Å². The van der Waals surface area contributed by atoms with Crippen molar-refractivity contribution in [1.29, 1.82) is 0 Å². The minimum atomic E-state index is -0.174. The molecule has 7 nitrogen and oxygen atoms in total. The summed E-state index contributed by atoms with van der Waals surface area (Å²) in [5, 5.41) is 17.0. The van der Waals surface area contributed by atoms with Crippen molar-refractivity contribution in [3.05, 3.63) is 41.6 Å². The lowest BCUT2D eigenvalue weighted by Gasteiger charge is -2.11. The molecule has 0 bridgehead atoms. The Hall–Kier alpha value is -2.36. The molecule has 4 aromatic rings. The zero-order valence-corrected chi connectivity index (χ0v) is 17.4. The largest absolute Gasteiger partial charge is 0.410 e. The average Bonchev–Trinajstić information content (AvgIpc) is 3.39. The van der Waals surface area contributed by atoms with E-state index in [1.54, 1.807) is 16.9 Å². The van der Waals surface area contributed by atoms with E-state index in [0.29, 0.717) is 22.0 Å². The van der Waals surface area contributed by atoms with E-state index < -0.39 is 0 Å². The molecular formula is C18H16ClN5O2S2. The lowest BCUT2D eigenvalue weighted by atomic mass is 10.2. The van der Waals surface area contributed by atoms with Crippen LogP contribution in [0.2, 0.25) is 5.02 Å². The van der Waals surface area contributed by atoms with Gasteiger partial charge in [0.05, 0.1) is 17.0 Å². The summed E-state index contributed by atoms with van der Waals surface area (Å²) in [6.45, 7) is 3.99. The number of hydrogen-bond donors (Lipinski definition) is 1. The van der Waals surface area contributed by atoms with Crippen LogP contribution in [0.4, 0.5) is 5.82 Å². The summed E-state index contributed by atoms with van der Waals surface area (Å²) in [6.07, 6.45) is 1.65. The molecule has 0 spiro atoms. The number of benzene rings is 1. The Balaban J connectivity index is 1.43. The monoisotopic (exact) mass is 433 g/mol. The molecule has 3 aromatic heterocycles. The fraction of sp³-hybridized carbons (Fsp3) is 0.222. The number of thiophene rings is 1. The topological polar surface area (TPSA) is 85.8 Å². The Morgan fingerprint density at radius 1 is 1.32 bits per heavy atom. The van der Waals surface area contributed by atoms with Crippen LogP contribution in [-0.2, 0) is 4.79 Å². The highest BCUT2D eigenvalue weighted by molar-refractivity contribution is 7.99. The molecular weight excluding hydrogens is 418 g/mol. The highest BCUT2D eigenvalue weighted by atomic mass is 35.5. The van der Waals surface area contributed by atoms with Crippen LogP contribution in [0, 0.1) is 0 Å². The van der Waals surface area contributed by atoms with Crippen molar-refractivity contribution < 1.29 is 9.21 Å². The van der Waals surface area contributed by atoms with Crippen molar-refractivity contribution >= 4 is 56.5 Å². The molecule has 0 aliphatic rings. The van der Waals surface area contributed by atoms with E-state index >= 15 is 0 Å². The fourth-order valence-electron chi connectivity index (χ4n) is 2.64. The van der Waals surface area contributed by atoms with Crippen LogP contribution in [-0.4, -0.2) is 31.6 Å². The number of anilines is 1. The second-order valence-electron chi connectivity index (χ2n) is 6.21. The first-order valence-electron chi connectivity index (χ1n) is 8.50. The molecule has 0 radical (unpaired) electrons. The van der Waals surface area contributed by atoms with Crippen LogP contribution < -0.4 is 5.32 Å². The van der Waals surface area contributed by atoms with Crippen LogP contribution >= 0.6 is 34.7 Å². The molecule has 0 aliphatic carbocycles. The number of rotatable bonds is 6. The highest BCUT2D eigenvalue weighted by Crippen LogP contribution is 2.41. The number of halogens is 1. The average molecular weight is 434 g/mol.